The molecule has 0 unspecified atom stereocenters. The van der Waals surface area contributed by atoms with Gasteiger partial charge < -0.3 is 14.8 Å². The maximum atomic E-state index is 4.86. The van der Waals surface area contributed by atoms with E-state index in [1.54, 1.807) is 0 Å². The fraction of sp³-hybridized carbons (Fsp3) is 0.500. The molecule has 0 amide bonds. The van der Waals surface area contributed by atoms with Gasteiger partial charge in [0.2, 0.25) is 0 Å². The Morgan fingerprint density at radius 3 is 2.65 bits per heavy atom. The van der Waals surface area contributed by atoms with E-state index in [0.29, 0.717) is 6.54 Å². The van der Waals surface area contributed by atoms with Crippen LogP contribution in [0.1, 0.15) is 38.1 Å². The molecule has 26 heavy (non-hydrogen) atoms. The Labute approximate surface area is 173 Å². The van der Waals surface area contributed by atoms with Crippen LogP contribution in [-0.4, -0.2) is 40.0 Å². The summed E-state index contributed by atoms with van der Waals surface area (Å²) >= 11 is 0. The van der Waals surface area contributed by atoms with Crippen LogP contribution in [0.25, 0.3) is 0 Å². The van der Waals surface area contributed by atoms with Gasteiger partial charge in [0.1, 0.15) is 12.4 Å². The van der Waals surface area contributed by atoms with Crippen LogP contribution in [0, 0.1) is 5.92 Å². The number of guanidine groups is 1. The molecule has 3 rings (SSSR count). The van der Waals surface area contributed by atoms with E-state index in [1.165, 1.54) is 18.4 Å². The summed E-state index contributed by atoms with van der Waals surface area (Å²) in [6, 6.07) is 10.5. The lowest BCUT2D eigenvalue weighted by Crippen LogP contribution is -2.45. The first-order chi connectivity index (χ1) is 12.3. The summed E-state index contributed by atoms with van der Waals surface area (Å²) in [5, 5.41) is 3.44. The third kappa shape index (κ3) is 5.72. The lowest BCUT2D eigenvalue weighted by Gasteiger charge is -2.32. The number of hydrogen-bond donors (Lipinski definition) is 1. The van der Waals surface area contributed by atoms with Crippen LogP contribution in [0.15, 0.2) is 47.7 Å². The number of aromatic nitrogens is 2. The Kier molecular flexibility index (Phi) is 8.41. The second-order valence-corrected chi connectivity index (χ2v) is 6.80. The van der Waals surface area contributed by atoms with E-state index in [1.807, 2.05) is 18.5 Å². The number of imidazole rings is 1. The number of benzene rings is 1. The van der Waals surface area contributed by atoms with Gasteiger partial charge in [-0.3, -0.25) is 0 Å². The summed E-state index contributed by atoms with van der Waals surface area (Å²) in [6.45, 7) is 8.97. The Balaban J connectivity index is 0.00000243. The van der Waals surface area contributed by atoms with Gasteiger partial charge in [0.15, 0.2) is 5.96 Å². The Bertz CT molecular complexity index is 675. The van der Waals surface area contributed by atoms with Crippen molar-refractivity contribution in [1.29, 1.82) is 0 Å². The zero-order valence-corrected chi connectivity index (χ0v) is 18.1. The molecule has 2 heterocycles. The molecule has 1 aromatic heterocycles. The van der Waals surface area contributed by atoms with Crippen molar-refractivity contribution in [3.63, 3.8) is 0 Å². The number of likely N-dealkylation sites (tertiary alicyclic amines) is 1. The normalized spacial score (nSPS) is 15.6. The third-order valence-electron chi connectivity index (χ3n) is 4.79. The van der Waals surface area contributed by atoms with Gasteiger partial charge in [0.05, 0.1) is 0 Å². The number of piperidine rings is 1. The zero-order chi connectivity index (χ0) is 17.5. The zero-order valence-electron chi connectivity index (χ0n) is 15.8. The molecule has 0 atom stereocenters. The van der Waals surface area contributed by atoms with E-state index in [0.717, 1.165) is 43.9 Å². The molecule has 0 saturated carbocycles. The lowest BCUT2D eigenvalue weighted by atomic mass is 10.00. The van der Waals surface area contributed by atoms with Crippen molar-refractivity contribution in [2.75, 3.05) is 19.6 Å². The molecule has 1 aliphatic heterocycles. The van der Waals surface area contributed by atoms with Crippen LogP contribution in [0.3, 0.4) is 0 Å². The Morgan fingerprint density at radius 2 is 1.96 bits per heavy atom. The molecule has 142 valence electrons. The van der Waals surface area contributed by atoms with E-state index >= 15 is 0 Å². The number of hydrogen-bond acceptors (Lipinski definition) is 2. The Morgan fingerprint density at radius 1 is 1.23 bits per heavy atom. The van der Waals surface area contributed by atoms with Gasteiger partial charge in [0, 0.05) is 38.6 Å². The smallest absolute Gasteiger partial charge is 0.194 e. The van der Waals surface area contributed by atoms with Gasteiger partial charge in [-0.15, -0.1) is 24.0 Å². The van der Waals surface area contributed by atoms with Gasteiger partial charge in [-0.1, -0.05) is 37.3 Å². The Hall–Kier alpha value is -1.57. The summed E-state index contributed by atoms with van der Waals surface area (Å²) < 4.78 is 2.18. The van der Waals surface area contributed by atoms with Crippen molar-refractivity contribution >= 4 is 29.9 Å². The van der Waals surface area contributed by atoms with Crippen LogP contribution in [0.4, 0.5) is 0 Å². The van der Waals surface area contributed by atoms with E-state index in [-0.39, 0.29) is 24.0 Å². The molecule has 1 aromatic carbocycles. The standard InChI is InChI=1S/C20H29N5.HI/c1-3-21-20(24-12-9-17(2)10-13-24)23-15-19-22-11-14-25(19)16-18-7-5-4-6-8-18;/h4-8,11,14,17H,3,9-10,12-13,15-16H2,1-2H3,(H,21,23);1H. The van der Waals surface area contributed by atoms with E-state index in [9.17, 15) is 0 Å². The van der Waals surface area contributed by atoms with Crippen molar-refractivity contribution in [3.05, 3.63) is 54.1 Å². The first-order valence-corrected chi connectivity index (χ1v) is 9.33. The molecular weight excluding hydrogens is 437 g/mol. The molecule has 1 fully saturated rings. The highest BCUT2D eigenvalue weighted by atomic mass is 127. The average molecular weight is 467 g/mol. The minimum atomic E-state index is 0. The predicted molar refractivity (Wildman–Crippen MR) is 118 cm³/mol. The van der Waals surface area contributed by atoms with Gasteiger partial charge >= 0.3 is 0 Å². The maximum absolute atomic E-state index is 4.86. The summed E-state index contributed by atoms with van der Waals surface area (Å²) in [4.78, 5) is 11.7. The lowest BCUT2D eigenvalue weighted by molar-refractivity contribution is 0.273. The summed E-state index contributed by atoms with van der Waals surface area (Å²) in [5.41, 5.74) is 1.28. The second-order valence-electron chi connectivity index (χ2n) is 6.80. The number of nitrogens with one attached hydrogen (secondary N) is 1. The first kappa shape index (κ1) is 20.7. The van der Waals surface area contributed by atoms with E-state index < -0.39 is 0 Å². The van der Waals surface area contributed by atoms with Crippen LogP contribution in [-0.2, 0) is 13.1 Å². The monoisotopic (exact) mass is 467 g/mol. The average Bonchev–Trinajstić information content (AvgIpc) is 3.07. The molecule has 2 aromatic rings. The van der Waals surface area contributed by atoms with Crippen molar-refractivity contribution in [2.24, 2.45) is 10.9 Å². The highest BCUT2D eigenvalue weighted by Crippen LogP contribution is 2.16. The van der Waals surface area contributed by atoms with Gasteiger partial charge in [-0.25, -0.2) is 9.98 Å². The van der Waals surface area contributed by atoms with Crippen LogP contribution >= 0.6 is 24.0 Å². The molecule has 1 N–H and O–H groups in total. The van der Waals surface area contributed by atoms with Crippen LogP contribution < -0.4 is 5.32 Å². The number of rotatable bonds is 5. The number of nitrogens with zero attached hydrogens (tertiary/aromatic N) is 4. The molecule has 0 bridgehead atoms. The van der Waals surface area contributed by atoms with Crippen molar-refractivity contribution in [2.45, 2.75) is 39.8 Å². The molecule has 6 heteroatoms. The van der Waals surface area contributed by atoms with Crippen molar-refractivity contribution < 1.29 is 0 Å². The maximum Gasteiger partial charge on any atom is 0.194 e. The highest BCUT2D eigenvalue weighted by Gasteiger charge is 2.18. The summed E-state index contributed by atoms with van der Waals surface area (Å²) in [7, 11) is 0. The summed E-state index contributed by atoms with van der Waals surface area (Å²) in [5.74, 6) is 2.84. The molecule has 5 nitrogen and oxygen atoms in total. The second kappa shape index (κ2) is 10.5. The van der Waals surface area contributed by atoms with Gasteiger partial charge in [-0.2, -0.15) is 0 Å². The minimum Gasteiger partial charge on any atom is -0.357 e. The highest BCUT2D eigenvalue weighted by molar-refractivity contribution is 14.0. The molecule has 0 aliphatic carbocycles. The van der Waals surface area contributed by atoms with Gasteiger partial charge in [-0.05, 0) is 31.2 Å². The van der Waals surface area contributed by atoms with Crippen molar-refractivity contribution in [1.82, 2.24) is 19.8 Å². The van der Waals surface area contributed by atoms with Crippen molar-refractivity contribution in [3.8, 4) is 0 Å². The minimum absolute atomic E-state index is 0. The molecule has 0 radical (unpaired) electrons. The molecular formula is C20H30IN5. The molecule has 1 aliphatic rings. The number of aliphatic imine (C=N–C) groups is 1. The SMILES string of the molecule is CCNC(=NCc1nccn1Cc1ccccc1)N1CCC(C)CC1.I. The van der Waals surface area contributed by atoms with E-state index in [2.05, 4.69) is 57.9 Å². The van der Waals surface area contributed by atoms with E-state index in [4.69, 9.17) is 4.99 Å². The number of halogens is 1. The van der Waals surface area contributed by atoms with Gasteiger partial charge in [0.25, 0.3) is 0 Å². The quantitative estimate of drug-likeness (QED) is 0.414. The van der Waals surface area contributed by atoms with Crippen LogP contribution in [0.5, 0.6) is 0 Å². The predicted octanol–water partition coefficient (Wildman–Crippen LogP) is 3.75. The molecule has 1 saturated heterocycles. The summed E-state index contributed by atoms with van der Waals surface area (Å²) in [6.07, 6.45) is 6.39. The fourth-order valence-electron chi connectivity index (χ4n) is 3.21. The molecule has 0 spiro atoms. The fourth-order valence-corrected chi connectivity index (χ4v) is 3.21. The topological polar surface area (TPSA) is 45.5 Å². The largest absolute Gasteiger partial charge is 0.357 e. The third-order valence-corrected chi connectivity index (χ3v) is 4.79. The van der Waals surface area contributed by atoms with Crippen LogP contribution in [0.2, 0.25) is 0 Å². The first-order valence-electron chi connectivity index (χ1n) is 9.33.